The Labute approximate surface area is 126 Å². The quantitative estimate of drug-likeness (QED) is 0.796. The van der Waals surface area contributed by atoms with E-state index in [0.717, 1.165) is 6.42 Å². The highest BCUT2D eigenvalue weighted by Crippen LogP contribution is 2.29. The van der Waals surface area contributed by atoms with Gasteiger partial charge in [-0.1, -0.05) is 0 Å². The van der Waals surface area contributed by atoms with E-state index >= 15 is 0 Å². The largest absolute Gasteiger partial charge is 0.491 e. The van der Waals surface area contributed by atoms with Crippen LogP contribution in [0.15, 0.2) is 11.0 Å². The standard InChI is InChI=1S/C14H17N3O5/c1-7-3-4-22-9-6-16-5-8(13(15)19)11(18)12(21-2)10(16)14(20)17(7)9/h5,7,9H,3-4,6H2,1-2H3,(H2,15,19)/t7-,9?/m1/s1. The van der Waals surface area contributed by atoms with Crippen LogP contribution in [0, 0.1) is 0 Å². The van der Waals surface area contributed by atoms with Gasteiger partial charge in [-0.25, -0.2) is 0 Å². The van der Waals surface area contributed by atoms with Crippen LogP contribution in [0.1, 0.15) is 34.2 Å². The number of carbonyl (C=O) groups is 2. The van der Waals surface area contributed by atoms with Gasteiger partial charge in [0.2, 0.25) is 5.43 Å². The molecule has 22 heavy (non-hydrogen) atoms. The lowest BCUT2D eigenvalue weighted by Gasteiger charge is -2.44. The fourth-order valence-electron chi connectivity index (χ4n) is 3.01. The Kier molecular flexibility index (Phi) is 3.40. The summed E-state index contributed by atoms with van der Waals surface area (Å²) >= 11 is 0. The van der Waals surface area contributed by atoms with Crippen molar-refractivity contribution in [1.29, 1.82) is 0 Å². The predicted molar refractivity (Wildman–Crippen MR) is 75.8 cm³/mol. The molecule has 0 bridgehead atoms. The number of pyridine rings is 1. The molecule has 2 N–H and O–H groups in total. The second kappa shape index (κ2) is 5.13. The molecule has 2 aliphatic rings. The van der Waals surface area contributed by atoms with Gasteiger partial charge in [0.15, 0.2) is 17.7 Å². The van der Waals surface area contributed by atoms with E-state index in [0.29, 0.717) is 13.2 Å². The third-order valence-electron chi connectivity index (χ3n) is 4.13. The third kappa shape index (κ3) is 1.98. The van der Waals surface area contributed by atoms with Crippen molar-refractivity contribution in [2.45, 2.75) is 32.2 Å². The normalized spacial score (nSPS) is 23.7. The van der Waals surface area contributed by atoms with Crippen LogP contribution in [-0.4, -0.2) is 47.3 Å². The minimum absolute atomic E-state index is 0.00984. The van der Waals surface area contributed by atoms with Crippen LogP contribution in [0.2, 0.25) is 0 Å². The van der Waals surface area contributed by atoms with Crippen molar-refractivity contribution in [3.05, 3.63) is 27.7 Å². The molecule has 0 aliphatic carbocycles. The van der Waals surface area contributed by atoms with E-state index in [1.165, 1.54) is 17.9 Å². The van der Waals surface area contributed by atoms with Gasteiger partial charge in [0.25, 0.3) is 11.8 Å². The van der Waals surface area contributed by atoms with Crippen molar-refractivity contribution in [3.63, 3.8) is 0 Å². The van der Waals surface area contributed by atoms with Gasteiger partial charge in [-0.2, -0.15) is 0 Å². The first-order chi connectivity index (χ1) is 10.5. The van der Waals surface area contributed by atoms with E-state index in [9.17, 15) is 14.4 Å². The smallest absolute Gasteiger partial charge is 0.276 e. The molecule has 0 radical (unpaired) electrons. The van der Waals surface area contributed by atoms with Crippen LogP contribution < -0.4 is 15.9 Å². The minimum atomic E-state index is -0.855. The van der Waals surface area contributed by atoms with Gasteiger partial charge >= 0.3 is 0 Å². The van der Waals surface area contributed by atoms with E-state index in [1.807, 2.05) is 6.92 Å². The molecule has 3 heterocycles. The van der Waals surface area contributed by atoms with E-state index in [4.69, 9.17) is 15.2 Å². The van der Waals surface area contributed by atoms with Gasteiger partial charge in [-0.05, 0) is 13.3 Å². The number of carbonyl (C=O) groups excluding carboxylic acids is 2. The highest BCUT2D eigenvalue weighted by Gasteiger charge is 2.41. The van der Waals surface area contributed by atoms with Gasteiger partial charge in [0.1, 0.15) is 5.56 Å². The van der Waals surface area contributed by atoms with Crippen LogP contribution in [0.3, 0.4) is 0 Å². The molecule has 2 atom stereocenters. The number of methoxy groups -OCH3 is 1. The molecular weight excluding hydrogens is 290 g/mol. The Balaban J connectivity index is 2.21. The number of nitrogens with zero attached hydrogens (tertiary/aromatic N) is 2. The molecule has 1 fully saturated rings. The first-order valence-corrected chi connectivity index (χ1v) is 7.01. The zero-order valence-electron chi connectivity index (χ0n) is 12.4. The molecule has 8 nitrogen and oxygen atoms in total. The Morgan fingerprint density at radius 1 is 1.45 bits per heavy atom. The fourth-order valence-corrected chi connectivity index (χ4v) is 3.01. The number of nitrogens with two attached hydrogens (primary N) is 1. The van der Waals surface area contributed by atoms with Gasteiger partial charge in [-0.15, -0.1) is 0 Å². The summed E-state index contributed by atoms with van der Waals surface area (Å²) in [6.45, 7) is 2.82. The monoisotopic (exact) mass is 307 g/mol. The lowest BCUT2D eigenvalue weighted by molar-refractivity contribution is -0.112. The molecule has 1 unspecified atom stereocenters. The van der Waals surface area contributed by atoms with Crippen molar-refractivity contribution in [1.82, 2.24) is 9.47 Å². The van der Waals surface area contributed by atoms with Crippen LogP contribution in [0.4, 0.5) is 0 Å². The average molecular weight is 307 g/mol. The molecule has 3 rings (SSSR count). The highest BCUT2D eigenvalue weighted by atomic mass is 16.5. The van der Waals surface area contributed by atoms with Crippen molar-refractivity contribution >= 4 is 11.8 Å². The minimum Gasteiger partial charge on any atom is -0.491 e. The SMILES string of the molecule is COc1c2n(cc(C(N)=O)c1=O)CC1OCC[C@@H](C)N1C2=O. The molecule has 0 saturated carbocycles. The van der Waals surface area contributed by atoms with Gasteiger partial charge in [-0.3, -0.25) is 14.4 Å². The highest BCUT2D eigenvalue weighted by molar-refractivity contribution is 5.99. The Bertz CT molecular complexity index is 711. The molecule has 1 aromatic heterocycles. The lowest BCUT2D eigenvalue weighted by atomic mass is 10.1. The number of ether oxygens (including phenoxy) is 2. The lowest BCUT2D eigenvalue weighted by Crippen LogP contribution is -2.57. The van der Waals surface area contributed by atoms with Crippen LogP contribution >= 0.6 is 0 Å². The molecule has 2 aliphatic heterocycles. The molecule has 0 aromatic carbocycles. The van der Waals surface area contributed by atoms with Gasteiger partial charge in [0, 0.05) is 12.2 Å². The summed E-state index contributed by atoms with van der Waals surface area (Å²) in [6.07, 6.45) is 1.62. The number of rotatable bonds is 2. The summed E-state index contributed by atoms with van der Waals surface area (Å²) in [5.41, 5.74) is 4.49. The first kappa shape index (κ1) is 14.6. The third-order valence-corrected chi connectivity index (χ3v) is 4.13. The number of fused-ring (bicyclic) bond motifs is 2. The Morgan fingerprint density at radius 3 is 2.82 bits per heavy atom. The Morgan fingerprint density at radius 2 is 2.18 bits per heavy atom. The van der Waals surface area contributed by atoms with Crippen LogP contribution in [0.5, 0.6) is 5.75 Å². The molecule has 2 amide bonds. The molecule has 1 aromatic rings. The van der Waals surface area contributed by atoms with Crippen molar-refractivity contribution < 1.29 is 19.1 Å². The van der Waals surface area contributed by atoms with Crippen molar-refractivity contribution in [2.75, 3.05) is 13.7 Å². The van der Waals surface area contributed by atoms with Gasteiger partial charge < -0.3 is 24.7 Å². The molecular formula is C14H17N3O5. The van der Waals surface area contributed by atoms with E-state index in [2.05, 4.69) is 0 Å². The number of amides is 2. The number of primary amides is 1. The average Bonchev–Trinajstić information content (AvgIpc) is 2.47. The summed E-state index contributed by atoms with van der Waals surface area (Å²) in [6, 6.07) is 0.00984. The predicted octanol–water partition coefficient (Wildman–Crippen LogP) is -0.453. The van der Waals surface area contributed by atoms with Gasteiger partial charge in [0.05, 0.1) is 20.3 Å². The Hall–Kier alpha value is -2.35. The van der Waals surface area contributed by atoms with Crippen LogP contribution in [0.25, 0.3) is 0 Å². The van der Waals surface area contributed by atoms with Crippen molar-refractivity contribution in [3.8, 4) is 5.75 Å². The molecule has 118 valence electrons. The van der Waals surface area contributed by atoms with E-state index in [-0.39, 0.29) is 29.0 Å². The number of aromatic nitrogens is 1. The maximum Gasteiger partial charge on any atom is 0.276 e. The number of hydrogen-bond acceptors (Lipinski definition) is 5. The fraction of sp³-hybridized carbons (Fsp3) is 0.500. The molecule has 1 saturated heterocycles. The maximum absolute atomic E-state index is 12.8. The molecule has 0 spiro atoms. The molecule has 8 heteroatoms. The van der Waals surface area contributed by atoms with Crippen LogP contribution in [-0.2, 0) is 11.3 Å². The summed E-state index contributed by atoms with van der Waals surface area (Å²) in [5, 5.41) is 0. The topological polar surface area (TPSA) is 104 Å². The summed E-state index contributed by atoms with van der Waals surface area (Å²) < 4.78 is 12.2. The summed E-state index contributed by atoms with van der Waals surface area (Å²) in [5.74, 6) is -1.35. The zero-order valence-corrected chi connectivity index (χ0v) is 12.4. The first-order valence-electron chi connectivity index (χ1n) is 7.01. The zero-order chi connectivity index (χ0) is 16.0. The second-order valence-corrected chi connectivity index (χ2v) is 5.45. The number of hydrogen-bond donors (Lipinski definition) is 1. The summed E-state index contributed by atoms with van der Waals surface area (Å²) in [7, 11) is 1.29. The second-order valence-electron chi connectivity index (χ2n) is 5.45. The van der Waals surface area contributed by atoms with E-state index < -0.39 is 17.6 Å². The van der Waals surface area contributed by atoms with Crippen molar-refractivity contribution in [2.24, 2.45) is 5.73 Å². The van der Waals surface area contributed by atoms with E-state index in [1.54, 1.807) is 4.90 Å². The summed E-state index contributed by atoms with van der Waals surface area (Å²) in [4.78, 5) is 38.1. The maximum atomic E-state index is 12.8.